The van der Waals surface area contributed by atoms with E-state index in [1.54, 1.807) is 7.11 Å². The summed E-state index contributed by atoms with van der Waals surface area (Å²) >= 11 is 3.57. The fourth-order valence-corrected chi connectivity index (χ4v) is 4.29. The van der Waals surface area contributed by atoms with E-state index in [0.29, 0.717) is 0 Å². The largest absolute Gasteiger partial charge is 0.497 e. The van der Waals surface area contributed by atoms with Crippen molar-refractivity contribution < 1.29 is 9.47 Å². The van der Waals surface area contributed by atoms with E-state index in [-0.39, 0.29) is 12.3 Å². The molecular weight excluding hydrogens is 416 g/mol. The zero-order valence-corrected chi connectivity index (χ0v) is 17.0. The monoisotopic (exact) mass is 434 g/mol. The number of para-hydroxylation sites is 1. The SMILES string of the molecule is COc1ccc(C2=NN3[C@H](C2)c2ccccc2O[C@@H]3c2cccc(Br)c2)cc1. The molecule has 3 aromatic rings. The lowest BCUT2D eigenvalue weighted by molar-refractivity contribution is -0.0190. The average Bonchev–Trinajstić information content (AvgIpc) is 3.19. The molecule has 2 aliphatic rings. The molecule has 0 radical (unpaired) electrons. The van der Waals surface area contributed by atoms with Crippen molar-refractivity contribution in [3.05, 3.63) is 94.0 Å². The van der Waals surface area contributed by atoms with Crippen molar-refractivity contribution >= 4 is 21.6 Å². The fourth-order valence-electron chi connectivity index (χ4n) is 3.87. The Bertz CT molecular complexity index is 1050. The molecule has 2 heterocycles. The first-order chi connectivity index (χ1) is 13.7. The molecule has 0 saturated carbocycles. The molecule has 2 atom stereocenters. The van der Waals surface area contributed by atoms with Gasteiger partial charge >= 0.3 is 0 Å². The van der Waals surface area contributed by atoms with Gasteiger partial charge in [0.1, 0.15) is 11.5 Å². The van der Waals surface area contributed by atoms with Crippen LogP contribution in [0.15, 0.2) is 82.4 Å². The number of hydrogen-bond acceptors (Lipinski definition) is 4. The Morgan fingerprint density at radius 1 is 1.04 bits per heavy atom. The predicted octanol–water partition coefficient (Wildman–Crippen LogP) is 5.70. The van der Waals surface area contributed by atoms with Crippen LogP contribution in [0.2, 0.25) is 0 Å². The molecule has 3 aromatic carbocycles. The summed E-state index contributed by atoms with van der Waals surface area (Å²) in [4.78, 5) is 0. The number of halogens is 1. The summed E-state index contributed by atoms with van der Waals surface area (Å²) in [5.74, 6) is 1.78. The fraction of sp³-hybridized carbons (Fsp3) is 0.174. The molecule has 0 aromatic heterocycles. The zero-order valence-electron chi connectivity index (χ0n) is 15.4. The molecule has 0 aliphatic carbocycles. The molecular formula is C23H19BrN2O2. The third-order valence-electron chi connectivity index (χ3n) is 5.26. The van der Waals surface area contributed by atoms with Gasteiger partial charge in [0, 0.05) is 22.0 Å². The molecule has 28 heavy (non-hydrogen) atoms. The molecule has 2 aliphatic heterocycles. The minimum absolute atomic E-state index is 0.158. The highest BCUT2D eigenvalue weighted by atomic mass is 79.9. The molecule has 0 fully saturated rings. The van der Waals surface area contributed by atoms with Gasteiger partial charge in [-0.2, -0.15) is 5.10 Å². The van der Waals surface area contributed by atoms with Crippen molar-refractivity contribution in [2.24, 2.45) is 5.10 Å². The van der Waals surface area contributed by atoms with Gasteiger partial charge < -0.3 is 9.47 Å². The van der Waals surface area contributed by atoms with Gasteiger partial charge in [-0.15, -0.1) is 0 Å². The smallest absolute Gasteiger partial charge is 0.213 e. The third-order valence-corrected chi connectivity index (χ3v) is 5.75. The number of methoxy groups -OCH3 is 1. The number of benzene rings is 3. The van der Waals surface area contributed by atoms with E-state index in [1.807, 2.05) is 36.4 Å². The van der Waals surface area contributed by atoms with E-state index in [1.165, 1.54) is 5.56 Å². The zero-order chi connectivity index (χ0) is 19.1. The molecule has 5 rings (SSSR count). The quantitative estimate of drug-likeness (QED) is 0.529. The first-order valence-electron chi connectivity index (χ1n) is 9.24. The minimum Gasteiger partial charge on any atom is -0.497 e. The van der Waals surface area contributed by atoms with Crippen LogP contribution in [0, 0.1) is 0 Å². The Kier molecular flexibility index (Phi) is 4.32. The van der Waals surface area contributed by atoms with Gasteiger partial charge in [0.25, 0.3) is 0 Å². The van der Waals surface area contributed by atoms with Gasteiger partial charge in [-0.05, 0) is 48.0 Å². The van der Waals surface area contributed by atoms with E-state index in [2.05, 4.69) is 57.3 Å². The predicted molar refractivity (Wildman–Crippen MR) is 113 cm³/mol. The average molecular weight is 435 g/mol. The van der Waals surface area contributed by atoms with Crippen LogP contribution in [-0.2, 0) is 0 Å². The summed E-state index contributed by atoms with van der Waals surface area (Å²) < 4.78 is 12.7. The lowest BCUT2D eigenvalue weighted by atomic mass is 9.96. The third kappa shape index (κ3) is 2.96. The first-order valence-corrected chi connectivity index (χ1v) is 10.0. The van der Waals surface area contributed by atoms with Gasteiger partial charge in [-0.1, -0.05) is 46.3 Å². The van der Waals surface area contributed by atoms with Crippen LogP contribution in [0.5, 0.6) is 11.5 Å². The number of nitrogens with zero attached hydrogens (tertiary/aromatic N) is 2. The van der Waals surface area contributed by atoms with Gasteiger partial charge in [0.2, 0.25) is 6.23 Å². The maximum atomic E-state index is 6.39. The van der Waals surface area contributed by atoms with E-state index in [9.17, 15) is 0 Å². The molecule has 140 valence electrons. The summed E-state index contributed by atoms with van der Waals surface area (Å²) in [5, 5.41) is 7.09. The topological polar surface area (TPSA) is 34.1 Å². The summed E-state index contributed by atoms with van der Waals surface area (Å²) in [6.45, 7) is 0. The first kappa shape index (κ1) is 17.3. The van der Waals surface area contributed by atoms with Gasteiger partial charge in [0.05, 0.1) is 18.9 Å². The van der Waals surface area contributed by atoms with Crippen molar-refractivity contribution in [1.82, 2.24) is 5.01 Å². The second-order valence-electron chi connectivity index (χ2n) is 6.94. The summed E-state index contributed by atoms with van der Waals surface area (Å²) in [6.07, 6.45) is 0.588. The Hall–Kier alpha value is -2.79. The van der Waals surface area contributed by atoms with Crippen LogP contribution < -0.4 is 9.47 Å². The number of rotatable bonds is 3. The Morgan fingerprint density at radius 3 is 2.64 bits per heavy atom. The van der Waals surface area contributed by atoms with Crippen LogP contribution in [0.25, 0.3) is 0 Å². The Balaban J connectivity index is 1.57. The highest BCUT2D eigenvalue weighted by Gasteiger charge is 2.40. The second-order valence-corrected chi connectivity index (χ2v) is 7.85. The van der Waals surface area contributed by atoms with E-state index < -0.39 is 0 Å². The Morgan fingerprint density at radius 2 is 1.86 bits per heavy atom. The van der Waals surface area contributed by atoms with Crippen molar-refractivity contribution in [3.8, 4) is 11.5 Å². The standard InChI is InChI=1S/C23H19BrN2O2/c1-27-18-11-9-15(10-12-18)20-14-21-19-7-2-3-8-22(19)28-23(26(21)25-20)16-5-4-6-17(24)13-16/h2-13,21,23H,14H2,1H3/t21-,23-/m1/s1. The molecule has 0 N–H and O–H groups in total. The number of hydrogen-bond donors (Lipinski definition) is 0. The van der Waals surface area contributed by atoms with Gasteiger partial charge in [-0.3, -0.25) is 0 Å². The maximum absolute atomic E-state index is 6.39. The molecule has 4 nitrogen and oxygen atoms in total. The van der Waals surface area contributed by atoms with Crippen LogP contribution in [-0.4, -0.2) is 17.8 Å². The van der Waals surface area contributed by atoms with E-state index in [4.69, 9.17) is 14.6 Å². The number of hydrazone groups is 1. The van der Waals surface area contributed by atoms with Crippen molar-refractivity contribution in [1.29, 1.82) is 0 Å². The molecule has 0 saturated heterocycles. The van der Waals surface area contributed by atoms with E-state index >= 15 is 0 Å². The maximum Gasteiger partial charge on any atom is 0.213 e. The molecule has 5 heteroatoms. The molecule has 0 unspecified atom stereocenters. The van der Waals surface area contributed by atoms with Gasteiger partial charge in [0.15, 0.2) is 0 Å². The van der Waals surface area contributed by atoms with Crippen LogP contribution in [0.3, 0.4) is 0 Å². The van der Waals surface area contributed by atoms with Gasteiger partial charge in [-0.25, -0.2) is 5.01 Å². The van der Waals surface area contributed by atoms with E-state index in [0.717, 1.165) is 39.2 Å². The summed E-state index contributed by atoms with van der Waals surface area (Å²) in [5.41, 5.74) is 4.43. The molecule has 0 spiro atoms. The van der Waals surface area contributed by atoms with Crippen molar-refractivity contribution in [3.63, 3.8) is 0 Å². The minimum atomic E-state index is -0.256. The lowest BCUT2D eigenvalue weighted by Gasteiger charge is -2.38. The molecule has 0 bridgehead atoms. The Labute approximate surface area is 172 Å². The van der Waals surface area contributed by atoms with Crippen LogP contribution in [0.1, 0.15) is 35.4 Å². The second kappa shape index (κ2) is 6.99. The number of fused-ring (bicyclic) bond motifs is 3. The highest BCUT2D eigenvalue weighted by molar-refractivity contribution is 9.10. The summed E-state index contributed by atoms with van der Waals surface area (Å²) in [6, 6.07) is 24.7. The normalized spacial score (nSPS) is 20.1. The lowest BCUT2D eigenvalue weighted by Crippen LogP contribution is -2.33. The summed E-state index contributed by atoms with van der Waals surface area (Å²) in [7, 11) is 1.68. The van der Waals surface area contributed by atoms with Crippen molar-refractivity contribution in [2.75, 3.05) is 7.11 Å². The highest BCUT2D eigenvalue weighted by Crippen LogP contribution is 2.47. The number of ether oxygens (including phenoxy) is 2. The van der Waals surface area contributed by atoms with Crippen molar-refractivity contribution in [2.45, 2.75) is 18.7 Å². The van der Waals surface area contributed by atoms with Crippen LogP contribution >= 0.6 is 15.9 Å². The van der Waals surface area contributed by atoms with Crippen LogP contribution in [0.4, 0.5) is 0 Å². The molecule has 0 amide bonds.